The van der Waals surface area contributed by atoms with Crippen molar-refractivity contribution in [2.45, 2.75) is 20.3 Å². The van der Waals surface area contributed by atoms with E-state index in [1.807, 2.05) is 0 Å². The molecule has 0 N–H and O–H groups in total. The maximum absolute atomic E-state index is 11.8. The van der Waals surface area contributed by atoms with Crippen LogP contribution in [0.1, 0.15) is 20.3 Å². The molecule has 0 saturated carbocycles. The minimum atomic E-state index is -0.555. The van der Waals surface area contributed by atoms with Crippen LogP contribution in [0, 0.1) is 12.1 Å². The van der Waals surface area contributed by atoms with Gasteiger partial charge in [-0.3, -0.25) is 4.79 Å². The minimum Gasteiger partial charge on any atom is -0.462 e. The Morgan fingerprint density at radius 1 is 0.862 bits per heavy atom. The summed E-state index contributed by atoms with van der Waals surface area (Å²) in [5.41, 5.74) is 2.12. The van der Waals surface area contributed by atoms with Crippen LogP contribution in [0.25, 0.3) is 11.1 Å². The first-order valence-corrected chi connectivity index (χ1v) is 8.71. The highest BCUT2D eigenvalue weighted by molar-refractivity contribution is 5.89. The van der Waals surface area contributed by atoms with Gasteiger partial charge in [0.05, 0.1) is 6.42 Å². The molecule has 6 heteroatoms. The summed E-state index contributed by atoms with van der Waals surface area (Å²) in [7, 11) is 0. The van der Waals surface area contributed by atoms with Crippen LogP contribution in [0.4, 0.5) is 0 Å². The molecule has 0 aliphatic carbocycles. The molecule has 29 heavy (non-hydrogen) atoms. The van der Waals surface area contributed by atoms with Gasteiger partial charge in [-0.15, -0.1) is 0 Å². The Bertz CT molecular complexity index is 923. The van der Waals surface area contributed by atoms with Gasteiger partial charge in [0, 0.05) is 16.7 Å². The quantitative estimate of drug-likeness (QED) is 0.386. The van der Waals surface area contributed by atoms with Crippen LogP contribution >= 0.6 is 0 Å². The van der Waals surface area contributed by atoms with Crippen LogP contribution in [0.3, 0.4) is 0 Å². The van der Waals surface area contributed by atoms with Gasteiger partial charge >= 0.3 is 17.9 Å². The largest absolute Gasteiger partial charge is 0.462 e. The second-order valence-corrected chi connectivity index (χ2v) is 6.20. The van der Waals surface area contributed by atoms with E-state index in [1.165, 1.54) is 6.92 Å². The van der Waals surface area contributed by atoms with E-state index in [0.717, 1.165) is 11.1 Å². The molecule has 0 bridgehead atoms. The Morgan fingerprint density at radius 2 is 1.52 bits per heavy atom. The van der Waals surface area contributed by atoms with Crippen molar-refractivity contribution in [1.82, 2.24) is 0 Å². The molecule has 0 saturated heterocycles. The number of carbonyl (C=O) groups excluding carboxylic acids is 3. The van der Waals surface area contributed by atoms with Gasteiger partial charge in [-0.1, -0.05) is 31.4 Å². The number of benzene rings is 1. The van der Waals surface area contributed by atoms with Gasteiger partial charge in [-0.05, 0) is 49.7 Å². The molecule has 0 spiro atoms. The molecule has 148 valence electrons. The lowest BCUT2D eigenvalue weighted by Gasteiger charge is -2.06. The lowest BCUT2D eigenvalue weighted by molar-refractivity contribution is -0.142. The zero-order valence-electron chi connectivity index (χ0n) is 16.2. The number of ether oxygens (including phenoxy) is 3. The first-order valence-electron chi connectivity index (χ1n) is 8.71. The van der Waals surface area contributed by atoms with Crippen LogP contribution in [0.5, 0.6) is 11.5 Å². The highest BCUT2D eigenvalue weighted by atomic mass is 16.6. The second-order valence-electron chi connectivity index (χ2n) is 6.20. The molecule has 0 radical (unpaired) electrons. The average Bonchev–Trinajstić information content (AvgIpc) is 2.69. The molecule has 0 fully saturated rings. The SMILES string of the molecule is C=C(C)C(=O)OCCC(=O)Oc1c#cc(-c2ccc(OC(=O)C(=C)C)cc2)cc1. The van der Waals surface area contributed by atoms with Crippen molar-refractivity contribution in [2.75, 3.05) is 6.61 Å². The third-order valence-corrected chi connectivity index (χ3v) is 3.56. The van der Waals surface area contributed by atoms with Crippen molar-refractivity contribution in [2.24, 2.45) is 0 Å². The van der Waals surface area contributed by atoms with E-state index < -0.39 is 17.9 Å². The summed E-state index contributed by atoms with van der Waals surface area (Å²) in [5, 5.41) is 0. The number of carbonyl (C=O) groups is 3. The lowest BCUT2D eigenvalue weighted by Crippen LogP contribution is -2.14. The van der Waals surface area contributed by atoms with Crippen molar-refractivity contribution >= 4 is 17.9 Å². The Balaban J connectivity index is 1.90. The maximum atomic E-state index is 11.8. The van der Waals surface area contributed by atoms with Crippen LogP contribution in [-0.4, -0.2) is 24.5 Å². The summed E-state index contributed by atoms with van der Waals surface area (Å²) < 4.78 is 15.1. The van der Waals surface area contributed by atoms with Gasteiger partial charge in [0.2, 0.25) is 0 Å². The molecule has 2 aromatic rings. The average molecular weight is 392 g/mol. The summed E-state index contributed by atoms with van der Waals surface area (Å²) in [6, 6.07) is 15.8. The summed E-state index contributed by atoms with van der Waals surface area (Å²) >= 11 is 0. The Hall–Kier alpha value is -3.85. The molecule has 0 atom stereocenters. The molecule has 0 aliphatic rings. The van der Waals surface area contributed by atoms with E-state index in [2.05, 4.69) is 25.3 Å². The fourth-order valence-electron chi connectivity index (χ4n) is 2.02. The fraction of sp³-hybridized carbons (Fsp3) is 0.174. The highest BCUT2D eigenvalue weighted by Crippen LogP contribution is 2.22. The Morgan fingerprint density at radius 3 is 2.07 bits per heavy atom. The molecular weight excluding hydrogens is 372 g/mol. The van der Waals surface area contributed by atoms with Gasteiger partial charge in [0.15, 0.2) is 5.75 Å². The molecule has 0 unspecified atom stereocenters. The molecule has 0 aliphatic heterocycles. The van der Waals surface area contributed by atoms with Gasteiger partial charge in [0.25, 0.3) is 0 Å². The first kappa shape index (κ1) is 21.5. The second kappa shape index (κ2) is 9.90. The van der Waals surface area contributed by atoms with Crippen LogP contribution in [0.15, 0.2) is 60.7 Å². The smallest absolute Gasteiger partial charge is 0.338 e. The van der Waals surface area contributed by atoms with E-state index in [-0.39, 0.29) is 24.4 Å². The van der Waals surface area contributed by atoms with E-state index in [1.54, 1.807) is 43.3 Å². The number of hydrogen-bond acceptors (Lipinski definition) is 6. The van der Waals surface area contributed by atoms with Crippen molar-refractivity contribution < 1.29 is 28.6 Å². The van der Waals surface area contributed by atoms with Crippen molar-refractivity contribution in [3.05, 3.63) is 72.8 Å². The predicted molar refractivity (Wildman–Crippen MR) is 106 cm³/mol. The summed E-state index contributed by atoms with van der Waals surface area (Å²) in [5.74, 6) is -0.984. The predicted octanol–water partition coefficient (Wildman–Crippen LogP) is 3.85. The zero-order chi connectivity index (χ0) is 21.4. The monoisotopic (exact) mass is 392 g/mol. The van der Waals surface area contributed by atoms with Crippen molar-refractivity contribution in [3.63, 3.8) is 0 Å². The van der Waals surface area contributed by atoms with Gasteiger partial charge in [-0.25, -0.2) is 9.59 Å². The molecule has 0 aromatic heterocycles. The Kier molecular flexibility index (Phi) is 7.33. The Labute approximate surface area is 169 Å². The minimum absolute atomic E-state index is 0.0843. The van der Waals surface area contributed by atoms with Crippen LogP contribution in [0.2, 0.25) is 0 Å². The summed E-state index contributed by atoms with van der Waals surface area (Å²) in [4.78, 5) is 34.5. The zero-order valence-corrected chi connectivity index (χ0v) is 16.2. The highest BCUT2D eigenvalue weighted by Gasteiger charge is 2.09. The molecular formula is C23H20O6. The third-order valence-electron chi connectivity index (χ3n) is 3.56. The normalized spacial score (nSPS) is 9.72. The topological polar surface area (TPSA) is 78.9 Å². The van der Waals surface area contributed by atoms with Crippen molar-refractivity contribution in [3.8, 4) is 22.6 Å². The summed E-state index contributed by atoms with van der Waals surface area (Å²) in [6.45, 7) is 9.99. The van der Waals surface area contributed by atoms with Crippen LogP contribution < -0.4 is 9.47 Å². The first-order chi connectivity index (χ1) is 13.8. The molecule has 2 rings (SSSR count). The van der Waals surface area contributed by atoms with E-state index in [4.69, 9.17) is 14.2 Å². The van der Waals surface area contributed by atoms with Gasteiger partial charge in [-0.2, -0.15) is 0 Å². The molecule has 6 nitrogen and oxygen atoms in total. The van der Waals surface area contributed by atoms with Gasteiger partial charge < -0.3 is 14.2 Å². The number of hydrogen-bond donors (Lipinski definition) is 0. The maximum Gasteiger partial charge on any atom is 0.338 e. The number of rotatable bonds is 8. The van der Waals surface area contributed by atoms with E-state index >= 15 is 0 Å². The third kappa shape index (κ3) is 6.67. The van der Waals surface area contributed by atoms with E-state index in [0.29, 0.717) is 11.3 Å². The number of esters is 3. The fourth-order valence-corrected chi connectivity index (χ4v) is 2.02. The molecule has 0 amide bonds. The van der Waals surface area contributed by atoms with Crippen LogP contribution in [-0.2, 0) is 19.1 Å². The van der Waals surface area contributed by atoms with Crippen molar-refractivity contribution in [1.29, 1.82) is 0 Å². The molecule has 2 aromatic carbocycles. The van der Waals surface area contributed by atoms with Gasteiger partial charge in [0.1, 0.15) is 12.4 Å². The standard InChI is InChI=1S/C23H20O6/c1-15(2)22(25)27-14-13-21(24)28-19-9-5-17(6-10-19)18-7-11-20(12-8-18)29-23(26)16(3)4/h5,7-9,11-12H,1,3,13-14H2,2,4H3. The summed E-state index contributed by atoms with van der Waals surface area (Å²) in [6.07, 6.45) is -0.0843. The van der Waals surface area contributed by atoms with E-state index in [9.17, 15) is 14.4 Å². The lowest BCUT2D eigenvalue weighted by atomic mass is 10.1. The molecule has 0 heterocycles.